The van der Waals surface area contributed by atoms with E-state index in [1.165, 1.54) is 0 Å². The standard InChI is InChI=1S/C18H14N4O/c19-11-10-13-6-8-15(9-7-13)20-18(23)17-12-16(21-22-17)14-4-2-1-3-5-14/h1-9,12H,10H2,(H,20,23)(H,21,22). The summed E-state index contributed by atoms with van der Waals surface area (Å²) in [6.45, 7) is 0. The van der Waals surface area contributed by atoms with Gasteiger partial charge in [-0.15, -0.1) is 0 Å². The number of hydrogen-bond acceptors (Lipinski definition) is 3. The largest absolute Gasteiger partial charge is 0.321 e. The van der Waals surface area contributed by atoms with E-state index in [9.17, 15) is 4.79 Å². The highest BCUT2D eigenvalue weighted by atomic mass is 16.1. The van der Waals surface area contributed by atoms with E-state index in [2.05, 4.69) is 21.6 Å². The fourth-order valence-electron chi connectivity index (χ4n) is 2.19. The number of amides is 1. The molecule has 1 amide bonds. The van der Waals surface area contributed by atoms with Crippen LogP contribution in [0.5, 0.6) is 0 Å². The van der Waals surface area contributed by atoms with Gasteiger partial charge in [0.25, 0.3) is 5.91 Å². The monoisotopic (exact) mass is 302 g/mol. The Kier molecular flexibility index (Phi) is 4.16. The summed E-state index contributed by atoms with van der Waals surface area (Å²) >= 11 is 0. The molecule has 23 heavy (non-hydrogen) atoms. The second-order valence-corrected chi connectivity index (χ2v) is 5.02. The lowest BCUT2D eigenvalue weighted by Crippen LogP contribution is -2.12. The van der Waals surface area contributed by atoms with E-state index in [1.54, 1.807) is 18.2 Å². The molecule has 0 aliphatic carbocycles. The van der Waals surface area contributed by atoms with Crippen molar-refractivity contribution in [1.29, 1.82) is 5.26 Å². The number of carbonyl (C=O) groups excluding carboxylic acids is 1. The molecule has 0 aliphatic heterocycles. The van der Waals surface area contributed by atoms with E-state index in [-0.39, 0.29) is 5.91 Å². The maximum Gasteiger partial charge on any atom is 0.273 e. The van der Waals surface area contributed by atoms with Crippen LogP contribution >= 0.6 is 0 Å². The Morgan fingerprint density at radius 2 is 1.87 bits per heavy atom. The van der Waals surface area contributed by atoms with Crippen LogP contribution in [0.25, 0.3) is 11.3 Å². The number of H-pyrrole nitrogens is 1. The molecule has 1 heterocycles. The Morgan fingerprint density at radius 1 is 1.13 bits per heavy atom. The Morgan fingerprint density at radius 3 is 2.57 bits per heavy atom. The minimum absolute atomic E-state index is 0.257. The first kappa shape index (κ1) is 14.5. The lowest BCUT2D eigenvalue weighted by molar-refractivity contribution is 0.102. The summed E-state index contributed by atoms with van der Waals surface area (Å²) in [7, 11) is 0. The number of aromatic amines is 1. The maximum absolute atomic E-state index is 12.2. The van der Waals surface area contributed by atoms with Crippen LogP contribution in [0.1, 0.15) is 16.1 Å². The molecular weight excluding hydrogens is 288 g/mol. The molecule has 112 valence electrons. The SMILES string of the molecule is N#CCc1ccc(NC(=O)c2cc(-c3ccccc3)n[nH]2)cc1. The zero-order chi connectivity index (χ0) is 16.1. The highest BCUT2D eigenvalue weighted by molar-refractivity contribution is 6.03. The van der Waals surface area contributed by atoms with Crippen molar-refractivity contribution in [2.45, 2.75) is 6.42 Å². The van der Waals surface area contributed by atoms with Crippen LogP contribution in [-0.2, 0) is 6.42 Å². The molecule has 2 N–H and O–H groups in total. The summed E-state index contributed by atoms with van der Waals surface area (Å²) in [4.78, 5) is 12.2. The number of nitriles is 1. The van der Waals surface area contributed by atoms with Gasteiger partial charge < -0.3 is 5.32 Å². The minimum atomic E-state index is -0.257. The molecule has 3 aromatic rings. The molecular formula is C18H14N4O. The van der Waals surface area contributed by atoms with Crippen LogP contribution < -0.4 is 5.32 Å². The van der Waals surface area contributed by atoms with Gasteiger partial charge in [0.2, 0.25) is 0 Å². The van der Waals surface area contributed by atoms with Crippen molar-refractivity contribution in [3.63, 3.8) is 0 Å². The third-order valence-electron chi connectivity index (χ3n) is 3.39. The molecule has 0 atom stereocenters. The first-order chi connectivity index (χ1) is 11.3. The fraction of sp³-hybridized carbons (Fsp3) is 0.0556. The third kappa shape index (κ3) is 3.44. The van der Waals surface area contributed by atoms with E-state index in [4.69, 9.17) is 5.26 Å². The highest BCUT2D eigenvalue weighted by Gasteiger charge is 2.11. The van der Waals surface area contributed by atoms with E-state index in [0.717, 1.165) is 16.8 Å². The second-order valence-electron chi connectivity index (χ2n) is 5.02. The van der Waals surface area contributed by atoms with Crippen LogP contribution in [-0.4, -0.2) is 16.1 Å². The van der Waals surface area contributed by atoms with Gasteiger partial charge in [-0.05, 0) is 23.8 Å². The number of hydrogen-bond donors (Lipinski definition) is 2. The second kappa shape index (κ2) is 6.58. The lowest BCUT2D eigenvalue weighted by Gasteiger charge is -2.03. The molecule has 0 spiro atoms. The van der Waals surface area contributed by atoms with E-state index < -0.39 is 0 Å². The molecule has 3 rings (SSSR count). The van der Waals surface area contributed by atoms with Crippen molar-refractivity contribution in [3.8, 4) is 17.3 Å². The average Bonchev–Trinajstić information content (AvgIpc) is 3.08. The molecule has 0 bridgehead atoms. The van der Waals surface area contributed by atoms with Crippen LogP contribution in [0.4, 0.5) is 5.69 Å². The topological polar surface area (TPSA) is 81.6 Å². The van der Waals surface area contributed by atoms with Crippen molar-refractivity contribution in [3.05, 3.63) is 71.9 Å². The highest BCUT2D eigenvalue weighted by Crippen LogP contribution is 2.18. The predicted octanol–water partition coefficient (Wildman–Crippen LogP) is 3.40. The van der Waals surface area contributed by atoms with Gasteiger partial charge in [0.15, 0.2) is 0 Å². The maximum atomic E-state index is 12.2. The van der Waals surface area contributed by atoms with Crippen LogP contribution in [0.3, 0.4) is 0 Å². The van der Waals surface area contributed by atoms with Gasteiger partial charge in [-0.1, -0.05) is 42.5 Å². The number of benzene rings is 2. The molecule has 2 aromatic carbocycles. The molecule has 0 saturated heterocycles. The molecule has 5 nitrogen and oxygen atoms in total. The Hall–Kier alpha value is -3.39. The summed E-state index contributed by atoms with van der Waals surface area (Å²) < 4.78 is 0. The number of anilines is 1. The van der Waals surface area contributed by atoms with Crippen LogP contribution in [0, 0.1) is 11.3 Å². The van der Waals surface area contributed by atoms with E-state index in [1.807, 2.05) is 42.5 Å². The summed E-state index contributed by atoms with van der Waals surface area (Å²) in [5.41, 5.74) is 3.65. The van der Waals surface area contributed by atoms with Crippen LogP contribution in [0.15, 0.2) is 60.7 Å². The zero-order valence-corrected chi connectivity index (χ0v) is 12.3. The van der Waals surface area contributed by atoms with Crippen molar-refractivity contribution in [2.24, 2.45) is 0 Å². The smallest absolute Gasteiger partial charge is 0.273 e. The average molecular weight is 302 g/mol. The van der Waals surface area contributed by atoms with Gasteiger partial charge in [-0.25, -0.2) is 0 Å². The zero-order valence-electron chi connectivity index (χ0n) is 12.3. The molecule has 0 saturated carbocycles. The van der Waals surface area contributed by atoms with Gasteiger partial charge >= 0.3 is 0 Å². The number of nitrogens with one attached hydrogen (secondary N) is 2. The van der Waals surface area contributed by atoms with Crippen LogP contribution in [0.2, 0.25) is 0 Å². The van der Waals surface area contributed by atoms with Gasteiger partial charge in [-0.2, -0.15) is 10.4 Å². The van der Waals surface area contributed by atoms with Gasteiger partial charge in [0.05, 0.1) is 18.2 Å². The Labute approximate surface area is 133 Å². The predicted molar refractivity (Wildman–Crippen MR) is 87.7 cm³/mol. The van der Waals surface area contributed by atoms with Gasteiger partial charge in [0, 0.05) is 11.3 Å². The van der Waals surface area contributed by atoms with E-state index in [0.29, 0.717) is 17.8 Å². The number of nitrogens with zero attached hydrogens (tertiary/aromatic N) is 2. The summed E-state index contributed by atoms with van der Waals surface area (Å²) in [5.74, 6) is -0.257. The quantitative estimate of drug-likeness (QED) is 0.775. The molecule has 0 aliphatic rings. The first-order valence-electron chi connectivity index (χ1n) is 7.14. The number of carbonyl (C=O) groups is 1. The van der Waals surface area contributed by atoms with Gasteiger partial charge in [-0.3, -0.25) is 9.89 Å². The molecule has 5 heteroatoms. The third-order valence-corrected chi connectivity index (χ3v) is 3.39. The normalized spacial score (nSPS) is 10.0. The summed E-state index contributed by atoms with van der Waals surface area (Å²) in [6, 6.07) is 20.6. The Bertz CT molecular complexity index is 845. The Balaban J connectivity index is 1.71. The van der Waals surface area contributed by atoms with Crippen molar-refractivity contribution < 1.29 is 4.79 Å². The first-order valence-corrected chi connectivity index (χ1v) is 7.14. The van der Waals surface area contributed by atoms with Crippen molar-refractivity contribution >= 4 is 11.6 Å². The number of rotatable bonds is 4. The van der Waals surface area contributed by atoms with E-state index >= 15 is 0 Å². The molecule has 0 unspecified atom stereocenters. The fourth-order valence-corrected chi connectivity index (χ4v) is 2.19. The molecule has 1 aromatic heterocycles. The van der Waals surface area contributed by atoms with Crippen molar-refractivity contribution in [1.82, 2.24) is 10.2 Å². The summed E-state index contributed by atoms with van der Waals surface area (Å²) in [6.07, 6.45) is 0.356. The number of aromatic nitrogens is 2. The lowest BCUT2D eigenvalue weighted by atomic mass is 10.1. The van der Waals surface area contributed by atoms with Gasteiger partial charge in [0.1, 0.15) is 5.69 Å². The minimum Gasteiger partial charge on any atom is -0.321 e. The summed E-state index contributed by atoms with van der Waals surface area (Å²) in [5, 5.41) is 18.4. The molecule has 0 radical (unpaired) electrons. The van der Waals surface area contributed by atoms with Crippen molar-refractivity contribution in [2.75, 3.05) is 5.32 Å². The molecule has 0 fully saturated rings.